The van der Waals surface area contributed by atoms with Gasteiger partial charge in [-0.15, -0.1) is 0 Å². The molecule has 164 valence electrons. The first-order chi connectivity index (χ1) is 15.5. The van der Waals surface area contributed by atoms with Crippen LogP contribution >= 0.6 is 11.6 Å². The van der Waals surface area contributed by atoms with E-state index < -0.39 is 5.69 Å². The van der Waals surface area contributed by atoms with Crippen LogP contribution in [0.4, 0.5) is 5.95 Å². The Kier molecular flexibility index (Phi) is 6.23. The number of aryl methyl sites for hydroxylation is 3. The van der Waals surface area contributed by atoms with E-state index in [-0.39, 0.29) is 5.56 Å². The third-order valence-electron chi connectivity index (χ3n) is 5.29. The molecule has 0 atom stereocenters. The van der Waals surface area contributed by atoms with Gasteiger partial charge in [-0.25, -0.2) is 10.2 Å². The van der Waals surface area contributed by atoms with Crippen LogP contribution in [-0.2, 0) is 27.1 Å². The molecular formula is C23H23ClN6O2. The van der Waals surface area contributed by atoms with E-state index in [4.69, 9.17) is 11.6 Å². The van der Waals surface area contributed by atoms with Crippen molar-refractivity contribution in [1.29, 1.82) is 0 Å². The first-order valence-corrected chi connectivity index (χ1v) is 10.6. The average Bonchev–Trinajstić information content (AvgIpc) is 3.17. The van der Waals surface area contributed by atoms with E-state index in [9.17, 15) is 9.59 Å². The van der Waals surface area contributed by atoms with Crippen LogP contribution in [0, 0.1) is 0 Å². The predicted molar refractivity (Wildman–Crippen MR) is 128 cm³/mol. The van der Waals surface area contributed by atoms with Crippen molar-refractivity contribution in [3.63, 3.8) is 0 Å². The standard InChI is InChI=1S/C23H23ClN6O2/c1-28-20-19(21(31)29(2)23(28)32)30(14-6-9-16-7-4-3-5-8-16)22(26-20)27-25-15-17-10-12-18(24)13-11-17/h3-5,7-8,10-13,15H,6,9,14H2,1-2H3,(H,26,27)/b25-15+. The van der Waals surface area contributed by atoms with E-state index >= 15 is 0 Å². The summed E-state index contributed by atoms with van der Waals surface area (Å²) in [5, 5.41) is 4.92. The molecule has 32 heavy (non-hydrogen) atoms. The lowest BCUT2D eigenvalue weighted by Gasteiger charge is -2.09. The van der Waals surface area contributed by atoms with E-state index in [0.717, 1.165) is 23.0 Å². The maximum absolute atomic E-state index is 12.9. The Balaban J connectivity index is 1.68. The number of fused-ring (bicyclic) bond motifs is 1. The van der Waals surface area contributed by atoms with Crippen molar-refractivity contribution in [1.82, 2.24) is 18.7 Å². The predicted octanol–water partition coefficient (Wildman–Crippen LogP) is 3.17. The van der Waals surface area contributed by atoms with Gasteiger partial charge in [0.25, 0.3) is 5.56 Å². The fourth-order valence-electron chi connectivity index (χ4n) is 3.55. The highest BCUT2D eigenvalue weighted by molar-refractivity contribution is 6.30. The largest absolute Gasteiger partial charge is 0.332 e. The van der Waals surface area contributed by atoms with Crippen LogP contribution in [-0.4, -0.2) is 24.9 Å². The second-order valence-corrected chi connectivity index (χ2v) is 7.91. The number of hydrazone groups is 1. The van der Waals surface area contributed by atoms with Crippen molar-refractivity contribution in [2.75, 3.05) is 5.43 Å². The molecule has 4 aromatic rings. The molecule has 0 spiro atoms. The Hall–Kier alpha value is -3.65. The molecule has 4 rings (SSSR count). The Morgan fingerprint density at radius 2 is 1.75 bits per heavy atom. The van der Waals surface area contributed by atoms with Gasteiger partial charge in [0.15, 0.2) is 11.2 Å². The lowest BCUT2D eigenvalue weighted by atomic mass is 10.1. The van der Waals surface area contributed by atoms with E-state index in [2.05, 4.69) is 27.6 Å². The molecule has 2 aromatic carbocycles. The van der Waals surface area contributed by atoms with Crippen molar-refractivity contribution in [2.45, 2.75) is 19.4 Å². The summed E-state index contributed by atoms with van der Waals surface area (Å²) in [7, 11) is 3.07. The fraction of sp³-hybridized carbons (Fsp3) is 0.217. The number of hydrogen-bond acceptors (Lipinski definition) is 5. The van der Waals surface area contributed by atoms with Gasteiger partial charge in [0.1, 0.15) is 0 Å². The molecule has 0 bridgehead atoms. The fourth-order valence-corrected chi connectivity index (χ4v) is 3.67. The molecule has 0 fully saturated rings. The number of nitrogens with zero attached hydrogens (tertiary/aromatic N) is 5. The van der Waals surface area contributed by atoms with E-state index in [0.29, 0.717) is 28.7 Å². The second-order valence-electron chi connectivity index (χ2n) is 7.48. The van der Waals surface area contributed by atoms with Crippen LogP contribution in [0.3, 0.4) is 0 Å². The van der Waals surface area contributed by atoms with Gasteiger partial charge in [-0.3, -0.25) is 13.9 Å². The van der Waals surface area contributed by atoms with Gasteiger partial charge in [0.2, 0.25) is 5.95 Å². The molecule has 1 N–H and O–H groups in total. The van der Waals surface area contributed by atoms with Gasteiger partial charge in [-0.1, -0.05) is 54.1 Å². The number of benzene rings is 2. The van der Waals surface area contributed by atoms with Crippen molar-refractivity contribution in [3.05, 3.63) is 91.6 Å². The smallest absolute Gasteiger partial charge is 0.303 e. The molecule has 2 heterocycles. The van der Waals surface area contributed by atoms with Crippen LogP contribution in [0.2, 0.25) is 5.02 Å². The lowest BCUT2D eigenvalue weighted by Crippen LogP contribution is -2.37. The molecule has 9 heteroatoms. The maximum Gasteiger partial charge on any atom is 0.332 e. The molecule has 0 saturated carbocycles. The summed E-state index contributed by atoms with van der Waals surface area (Å²) >= 11 is 5.92. The van der Waals surface area contributed by atoms with Gasteiger partial charge >= 0.3 is 5.69 Å². The van der Waals surface area contributed by atoms with Crippen molar-refractivity contribution >= 4 is 34.9 Å². The van der Waals surface area contributed by atoms with Crippen LogP contribution in [0.1, 0.15) is 17.5 Å². The number of halogens is 1. The molecule has 0 amide bonds. The highest BCUT2D eigenvalue weighted by Gasteiger charge is 2.18. The van der Waals surface area contributed by atoms with Crippen molar-refractivity contribution in [2.24, 2.45) is 19.2 Å². The SMILES string of the molecule is Cn1c(=O)c2c(nc(N/N=C/c3ccc(Cl)cc3)n2CCCc2ccccc2)n(C)c1=O. The number of rotatable bonds is 7. The summed E-state index contributed by atoms with van der Waals surface area (Å²) < 4.78 is 4.26. The van der Waals surface area contributed by atoms with E-state index in [1.165, 1.54) is 17.2 Å². The third kappa shape index (κ3) is 4.36. The molecule has 8 nitrogen and oxygen atoms in total. The van der Waals surface area contributed by atoms with Gasteiger partial charge in [0, 0.05) is 25.7 Å². The summed E-state index contributed by atoms with van der Waals surface area (Å²) in [5.41, 5.74) is 4.89. The molecule has 0 saturated heterocycles. The number of nitrogens with one attached hydrogen (secondary N) is 1. The molecule has 0 unspecified atom stereocenters. The zero-order valence-electron chi connectivity index (χ0n) is 17.8. The summed E-state index contributed by atoms with van der Waals surface area (Å²) in [5.74, 6) is 0.400. The summed E-state index contributed by atoms with van der Waals surface area (Å²) in [6, 6.07) is 17.4. The summed E-state index contributed by atoms with van der Waals surface area (Å²) in [6.07, 6.45) is 3.28. The maximum atomic E-state index is 12.9. The second kappa shape index (κ2) is 9.23. The molecule has 0 aliphatic rings. The zero-order valence-corrected chi connectivity index (χ0v) is 18.6. The Morgan fingerprint density at radius 1 is 1.03 bits per heavy atom. The van der Waals surface area contributed by atoms with Crippen molar-refractivity contribution in [3.8, 4) is 0 Å². The van der Waals surface area contributed by atoms with Gasteiger partial charge in [-0.2, -0.15) is 10.1 Å². The van der Waals surface area contributed by atoms with E-state index in [1.54, 1.807) is 30.0 Å². The first-order valence-electron chi connectivity index (χ1n) is 10.2. The number of anilines is 1. The molecular weight excluding hydrogens is 428 g/mol. The highest BCUT2D eigenvalue weighted by atomic mass is 35.5. The molecule has 2 aromatic heterocycles. The van der Waals surface area contributed by atoms with Gasteiger partial charge < -0.3 is 4.57 Å². The Morgan fingerprint density at radius 3 is 2.47 bits per heavy atom. The highest BCUT2D eigenvalue weighted by Crippen LogP contribution is 2.17. The number of imidazole rings is 1. The molecule has 0 aliphatic heterocycles. The third-order valence-corrected chi connectivity index (χ3v) is 5.54. The van der Waals surface area contributed by atoms with E-state index in [1.807, 2.05) is 30.3 Å². The average molecular weight is 451 g/mol. The monoisotopic (exact) mass is 450 g/mol. The minimum absolute atomic E-state index is 0.321. The van der Waals surface area contributed by atoms with Crippen LogP contribution in [0.5, 0.6) is 0 Å². The Labute approximate surface area is 189 Å². The van der Waals surface area contributed by atoms with Gasteiger partial charge in [0.05, 0.1) is 6.21 Å². The minimum atomic E-state index is -0.423. The quantitative estimate of drug-likeness (QED) is 0.346. The number of hydrogen-bond donors (Lipinski definition) is 1. The normalized spacial score (nSPS) is 11.5. The lowest BCUT2D eigenvalue weighted by molar-refractivity contribution is 0.651. The van der Waals surface area contributed by atoms with Crippen molar-refractivity contribution < 1.29 is 0 Å². The number of aromatic nitrogens is 4. The minimum Gasteiger partial charge on any atom is -0.303 e. The Bertz CT molecular complexity index is 1380. The summed E-state index contributed by atoms with van der Waals surface area (Å²) in [4.78, 5) is 29.8. The van der Waals surface area contributed by atoms with Gasteiger partial charge in [-0.05, 0) is 36.1 Å². The first kappa shape index (κ1) is 21.6. The molecule has 0 aliphatic carbocycles. The topological polar surface area (TPSA) is 86.2 Å². The zero-order chi connectivity index (χ0) is 22.7. The molecule has 0 radical (unpaired) electrons. The van der Waals surface area contributed by atoms with Crippen LogP contribution in [0.15, 0.2) is 69.3 Å². The summed E-state index contributed by atoms with van der Waals surface area (Å²) in [6.45, 7) is 0.539. The van der Waals surface area contributed by atoms with Crippen LogP contribution < -0.4 is 16.7 Å². The van der Waals surface area contributed by atoms with Crippen LogP contribution in [0.25, 0.3) is 11.2 Å².